The highest BCUT2D eigenvalue weighted by Gasteiger charge is 2.17. The molecule has 1 heterocycles. The fraction of sp³-hybridized carbons (Fsp3) is 0.308. The van der Waals surface area contributed by atoms with Crippen molar-refractivity contribution >= 4 is 5.88 Å². The van der Waals surface area contributed by atoms with Gasteiger partial charge >= 0.3 is 0 Å². The fourth-order valence-electron chi connectivity index (χ4n) is 1.99. The van der Waals surface area contributed by atoms with E-state index in [4.69, 9.17) is 19.7 Å². The number of anilines is 1. The van der Waals surface area contributed by atoms with E-state index >= 15 is 0 Å². The van der Waals surface area contributed by atoms with Gasteiger partial charge in [-0.2, -0.15) is 0 Å². The molecule has 18 heavy (non-hydrogen) atoms. The highest BCUT2D eigenvalue weighted by atomic mass is 16.5. The largest absolute Gasteiger partial charge is 0.496 e. The van der Waals surface area contributed by atoms with Crippen LogP contribution in [0.25, 0.3) is 11.3 Å². The van der Waals surface area contributed by atoms with Crippen LogP contribution >= 0.6 is 0 Å². The van der Waals surface area contributed by atoms with E-state index in [2.05, 4.69) is 5.16 Å². The van der Waals surface area contributed by atoms with Gasteiger partial charge in [0.1, 0.15) is 17.2 Å². The van der Waals surface area contributed by atoms with Crippen LogP contribution in [-0.2, 0) is 6.42 Å². The number of nitrogens with two attached hydrogens (primary N) is 1. The van der Waals surface area contributed by atoms with Gasteiger partial charge in [0.15, 0.2) is 0 Å². The van der Waals surface area contributed by atoms with Crippen LogP contribution in [0, 0.1) is 0 Å². The second kappa shape index (κ2) is 5.00. The maximum Gasteiger partial charge on any atom is 0.222 e. The molecule has 0 atom stereocenters. The van der Waals surface area contributed by atoms with Gasteiger partial charge in [-0.3, -0.25) is 0 Å². The monoisotopic (exact) mass is 248 g/mol. The van der Waals surface area contributed by atoms with Crippen LogP contribution in [0.2, 0.25) is 0 Å². The SMILES string of the molecule is CCc1c(OC)ccc(-c2cc(N)on2)c1OC. The van der Waals surface area contributed by atoms with Gasteiger partial charge in [-0.05, 0) is 18.6 Å². The third kappa shape index (κ3) is 1.99. The molecule has 0 radical (unpaired) electrons. The Bertz CT molecular complexity index is 549. The molecule has 1 aromatic carbocycles. The predicted octanol–water partition coefficient (Wildman–Crippen LogP) is 2.50. The van der Waals surface area contributed by atoms with Crippen molar-refractivity contribution in [2.45, 2.75) is 13.3 Å². The molecule has 0 aliphatic rings. The number of benzene rings is 1. The molecule has 0 saturated heterocycles. The summed E-state index contributed by atoms with van der Waals surface area (Å²) >= 11 is 0. The molecule has 0 fully saturated rings. The van der Waals surface area contributed by atoms with Crippen molar-refractivity contribution in [3.63, 3.8) is 0 Å². The first-order valence-corrected chi connectivity index (χ1v) is 5.67. The Hall–Kier alpha value is -2.17. The Balaban J connectivity index is 2.61. The van der Waals surface area contributed by atoms with E-state index in [1.54, 1.807) is 20.3 Å². The van der Waals surface area contributed by atoms with Crippen molar-refractivity contribution in [3.05, 3.63) is 23.8 Å². The summed E-state index contributed by atoms with van der Waals surface area (Å²) in [6.45, 7) is 2.04. The Morgan fingerprint density at radius 1 is 1.28 bits per heavy atom. The van der Waals surface area contributed by atoms with E-state index in [1.807, 2.05) is 19.1 Å². The molecule has 0 aliphatic carbocycles. The zero-order valence-electron chi connectivity index (χ0n) is 10.7. The molecular formula is C13H16N2O3. The van der Waals surface area contributed by atoms with Gasteiger partial charge < -0.3 is 19.7 Å². The maximum atomic E-state index is 5.54. The molecule has 2 aromatic rings. The summed E-state index contributed by atoms with van der Waals surface area (Å²) in [5.41, 5.74) is 8.04. The lowest BCUT2D eigenvalue weighted by Gasteiger charge is -2.14. The Labute approximate surface area is 105 Å². The third-order valence-electron chi connectivity index (χ3n) is 2.80. The van der Waals surface area contributed by atoms with Gasteiger partial charge in [-0.25, -0.2) is 0 Å². The molecule has 0 amide bonds. The molecular weight excluding hydrogens is 232 g/mol. The van der Waals surface area contributed by atoms with E-state index < -0.39 is 0 Å². The second-order valence-corrected chi connectivity index (χ2v) is 3.80. The Kier molecular flexibility index (Phi) is 3.41. The number of hydrogen-bond acceptors (Lipinski definition) is 5. The smallest absolute Gasteiger partial charge is 0.222 e. The number of nitrogens with zero attached hydrogens (tertiary/aromatic N) is 1. The van der Waals surface area contributed by atoms with Crippen LogP contribution < -0.4 is 15.2 Å². The quantitative estimate of drug-likeness (QED) is 0.900. The average Bonchev–Trinajstić information content (AvgIpc) is 2.83. The minimum Gasteiger partial charge on any atom is -0.496 e. The minimum absolute atomic E-state index is 0.279. The molecule has 2 N–H and O–H groups in total. The van der Waals surface area contributed by atoms with Crippen molar-refractivity contribution in [2.24, 2.45) is 0 Å². The van der Waals surface area contributed by atoms with Gasteiger partial charge in [0.25, 0.3) is 0 Å². The van der Waals surface area contributed by atoms with Gasteiger partial charge in [0.2, 0.25) is 5.88 Å². The topological polar surface area (TPSA) is 70.5 Å². The summed E-state index contributed by atoms with van der Waals surface area (Å²) < 4.78 is 15.7. The van der Waals surface area contributed by atoms with Crippen LogP contribution in [0.5, 0.6) is 11.5 Å². The van der Waals surface area contributed by atoms with Crippen LogP contribution in [-0.4, -0.2) is 19.4 Å². The minimum atomic E-state index is 0.279. The number of methoxy groups -OCH3 is 2. The fourth-order valence-corrected chi connectivity index (χ4v) is 1.99. The maximum absolute atomic E-state index is 5.54. The molecule has 2 rings (SSSR count). The van der Waals surface area contributed by atoms with E-state index in [0.717, 1.165) is 29.0 Å². The zero-order valence-corrected chi connectivity index (χ0v) is 10.7. The second-order valence-electron chi connectivity index (χ2n) is 3.80. The first-order valence-electron chi connectivity index (χ1n) is 5.67. The van der Waals surface area contributed by atoms with Gasteiger partial charge in [0, 0.05) is 17.2 Å². The molecule has 0 saturated carbocycles. The molecule has 0 bridgehead atoms. The first-order chi connectivity index (χ1) is 8.71. The third-order valence-corrected chi connectivity index (χ3v) is 2.80. The van der Waals surface area contributed by atoms with E-state index in [-0.39, 0.29) is 5.88 Å². The summed E-state index contributed by atoms with van der Waals surface area (Å²) in [6, 6.07) is 5.44. The van der Waals surface area contributed by atoms with Crippen molar-refractivity contribution in [1.29, 1.82) is 0 Å². The molecule has 0 aliphatic heterocycles. The molecule has 0 spiro atoms. The lowest BCUT2D eigenvalue weighted by Crippen LogP contribution is -1.98. The van der Waals surface area contributed by atoms with Gasteiger partial charge in [-0.1, -0.05) is 12.1 Å². The van der Waals surface area contributed by atoms with Crippen molar-refractivity contribution in [1.82, 2.24) is 5.16 Å². The zero-order chi connectivity index (χ0) is 13.1. The summed E-state index contributed by atoms with van der Waals surface area (Å²) in [4.78, 5) is 0. The summed E-state index contributed by atoms with van der Waals surface area (Å²) in [6.07, 6.45) is 0.799. The van der Waals surface area contributed by atoms with E-state index in [0.29, 0.717) is 5.69 Å². The molecule has 0 unspecified atom stereocenters. The number of hydrogen-bond donors (Lipinski definition) is 1. The Morgan fingerprint density at radius 3 is 2.56 bits per heavy atom. The number of aromatic nitrogens is 1. The molecule has 96 valence electrons. The normalized spacial score (nSPS) is 10.4. The highest BCUT2D eigenvalue weighted by molar-refractivity contribution is 5.72. The van der Waals surface area contributed by atoms with Crippen LogP contribution in [0.1, 0.15) is 12.5 Å². The first kappa shape index (κ1) is 12.3. The average molecular weight is 248 g/mol. The van der Waals surface area contributed by atoms with Crippen LogP contribution in [0.4, 0.5) is 5.88 Å². The molecule has 5 heteroatoms. The van der Waals surface area contributed by atoms with E-state index in [9.17, 15) is 0 Å². The lowest BCUT2D eigenvalue weighted by atomic mass is 10.0. The predicted molar refractivity (Wildman–Crippen MR) is 68.8 cm³/mol. The number of rotatable bonds is 4. The van der Waals surface area contributed by atoms with E-state index in [1.165, 1.54) is 0 Å². The highest BCUT2D eigenvalue weighted by Crippen LogP contribution is 2.38. The Morgan fingerprint density at radius 2 is 2.06 bits per heavy atom. The summed E-state index contributed by atoms with van der Waals surface area (Å²) in [5.74, 6) is 1.82. The molecule has 5 nitrogen and oxygen atoms in total. The number of nitrogen functional groups attached to an aromatic ring is 1. The van der Waals surface area contributed by atoms with Crippen molar-refractivity contribution in [2.75, 3.05) is 20.0 Å². The van der Waals surface area contributed by atoms with Crippen molar-refractivity contribution < 1.29 is 14.0 Å². The van der Waals surface area contributed by atoms with Gasteiger partial charge in [0.05, 0.1) is 14.2 Å². The van der Waals surface area contributed by atoms with Crippen molar-refractivity contribution in [3.8, 4) is 22.8 Å². The van der Waals surface area contributed by atoms with Crippen LogP contribution in [0.15, 0.2) is 22.7 Å². The van der Waals surface area contributed by atoms with Crippen LogP contribution in [0.3, 0.4) is 0 Å². The molecule has 1 aromatic heterocycles. The summed E-state index contributed by atoms with van der Waals surface area (Å²) in [7, 11) is 3.27. The van der Waals surface area contributed by atoms with Gasteiger partial charge in [-0.15, -0.1) is 0 Å². The number of ether oxygens (including phenoxy) is 2. The summed E-state index contributed by atoms with van der Waals surface area (Å²) in [5, 5.41) is 3.90. The lowest BCUT2D eigenvalue weighted by molar-refractivity contribution is 0.386. The standard InChI is InChI=1S/C13H16N2O3/c1-4-8-11(16-2)6-5-9(13(8)17-3)10-7-12(14)18-15-10/h5-7H,4,14H2,1-3H3.